The van der Waals surface area contributed by atoms with Crippen molar-refractivity contribution in [3.8, 4) is 0 Å². The summed E-state index contributed by atoms with van der Waals surface area (Å²) in [6.45, 7) is 2.55. The van der Waals surface area contributed by atoms with Crippen LogP contribution < -0.4 is 0 Å². The van der Waals surface area contributed by atoms with E-state index in [-0.39, 0.29) is 13.2 Å². The monoisotopic (exact) mass is 237 g/mol. The predicted molar refractivity (Wildman–Crippen MR) is 58.3 cm³/mol. The van der Waals surface area contributed by atoms with Gasteiger partial charge in [-0.3, -0.25) is 4.79 Å². The van der Waals surface area contributed by atoms with Gasteiger partial charge in [-0.2, -0.15) is 0 Å². The van der Waals surface area contributed by atoms with Crippen molar-refractivity contribution in [3.63, 3.8) is 0 Å². The van der Waals surface area contributed by atoms with E-state index in [1.807, 2.05) is 6.92 Å². The third kappa shape index (κ3) is 7.33. The fraction of sp³-hybridized carbons (Fsp3) is 0.889. The van der Waals surface area contributed by atoms with Gasteiger partial charge < -0.3 is 10.0 Å². The van der Waals surface area contributed by atoms with Crippen LogP contribution in [0.15, 0.2) is 0 Å². The highest BCUT2D eigenvalue weighted by molar-refractivity contribution is 7.91. The second kappa shape index (κ2) is 6.79. The first kappa shape index (κ1) is 14.4. The number of hydrogen-bond donors (Lipinski definition) is 1. The van der Waals surface area contributed by atoms with Crippen molar-refractivity contribution < 1.29 is 18.3 Å². The first-order valence-corrected chi connectivity index (χ1v) is 7.03. The topological polar surface area (TPSA) is 74.7 Å². The molecule has 0 heterocycles. The van der Waals surface area contributed by atoms with Gasteiger partial charge in [0, 0.05) is 19.3 Å². The summed E-state index contributed by atoms with van der Waals surface area (Å²) in [6, 6.07) is 0. The van der Waals surface area contributed by atoms with Crippen LogP contribution in [0.1, 0.15) is 19.8 Å². The van der Waals surface area contributed by atoms with E-state index in [1.165, 1.54) is 4.90 Å². The summed E-state index contributed by atoms with van der Waals surface area (Å²) in [6.07, 6.45) is 2.77. The molecule has 1 amide bonds. The van der Waals surface area contributed by atoms with Gasteiger partial charge in [-0.1, -0.05) is 13.3 Å². The molecule has 5 nitrogen and oxygen atoms in total. The summed E-state index contributed by atoms with van der Waals surface area (Å²) in [5, 5.41) is 8.74. The van der Waals surface area contributed by atoms with E-state index in [9.17, 15) is 13.2 Å². The molecule has 1 N–H and O–H groups in total. The zero-order chi connectivity index (χ0) is 11.9. The van der Waals surface area contributed by atoms with E-state index in [4.69, 9.17) is 5.11 Å². The summed E-state index contributed by atoms with van der Waals surface area (Å²) in [5.74, 6) is -0.906. The Morgan fingerprint density at radius 1 is 1.33 bits per heavy atom. The third-order valence-electron chi connectivity index (χ3n) is 1.89. The molecule has 0 aromatic carbocycles. The van der Waals surface area contributed by atoms with Crippen molar-refractivity contribution >= 4 is 15.7 Å². The molecule has 0 atom stereocenters. The van der Waals surface area contributed by atoms with Crippen LogP contribution in [0.3, 0.4) is 0 Å². The number of aliphatic hydroxyl groups is 1. The Labute approximate surface area is 91.0 Å². The molecule has 0 aromatic rings. The smallest absolute Gasteiger partial charge is 0.237 e. The zero-order valence-electron chi connectivity index (χ0n) is 9.27. The minimum absolute atomic E-state index is 0.140. The van der Waals surface area contributed by atoms with E-state index in [0.29, 0.717) is 6.54 Å². The second-order valence-electron chi connectivity index (χ2n) is 3.53. The summed E-state index contributed by atoms with van der Waals surface area (Å²) in [4.78, 5) is 12.9. The SMILES string of the molecule is CCCCN(CCO)C(=O)CS(C)(=O)=O. The van der Waals surface area contributed by atoms with Gasteiger partial charge in [-0.25, -0.2) is 8.42 Å². The van der Waals surface area contributed by atoms with E-state index in [1.54, 1.807) is 0 Å². The molecule has 0 saturated carbocycles. The van der Waals surface area contributed by atoms with Crippen LogP contribution in [0, 0.1) is 0 Å². The quantitative estimate of drug-likeness (QED) is 0.657. The number of carbonyl (C=O) groups excluding carboxylic acids is 1. The summed E-state index contributed by atoms with van der Waals surface area (Å²) < 4.78 is 21.8. The minimum Gasteiger partial charge on any atom is -0.395 e. The molecule has 0 spiro atoms. The van der Waals surface area contributed by atoms with Crippen molar-refractivity contribution in [3.05, 3.63) is 0 Å². The average Bonchev–Trinajstić information content (AvgIpc) is 2.09. The zero-order valence-corrected chi connectivity index (χ0v) is 10.1. The van der Waals surface area contributed by atoms with Gasteiger partial charge in [0.05, 0.1) is 6.61 Å². The molecule has 0 aliphatic rings. The van der Waals surface area contributed by atoms with E-state index in [2.05, 4.69) is 0 Å². The minimum atomic E-state index is -3.28. The van der Waals surface area contributed by atoms with Gasteiger partial charge >= 0.3 is 0 Å². The lowest BCUT2D eigenvalue weighted by molar-refractivity contribution is -0.129. The van der Waals surface area contributed by atoms with Crippen LogP contribution in [0.4, 0.5) is 0 Å². The van der Waals surface area contributed by atoms with Gasteiger partial charge in [-0.15, -0.1) is 0 Å². The maximum absolute atomic E-state index is 11.5. The Kier molecular flexibility index (Phi) is 6.51. The van der Waals surface area contributed by atoms with Crippen molar-refractivity contribution in [1.29, 1.82) is 0 Å². The van der Waals surface area contributed by atoms with Crippen molar-refractivity contribution in [2.24, 2.45) is 0 Å². The molecule has 0 rings (SSSR count). The highest BCUT2D eigenvalue weighted by atomic mass is 32.2. The number of amides is 1. The maximum Gasteiger partial charge on any atom is 0.237 e. The van der Waals surface area contributed by atoms with Crippen LogP contribution >= 0.6 is 0 Å². The van der Waals surface area contributed by atoms with Gasteiger partial charge in [-0.05, 0) is 6.42 Å². The van der Waals surface area contributed by atoms with E-state index < -0.39 is 21.5 Å². The molecule has 0 saturated heterocycles. The van der Waals surface area contributed by atoms with Crippen LogP contribution in [-0.2, 0) is 14.6 Å². The number of aliphatic hydroxyl groups excluding tert-OH is 1. The number of unbranched alkanes of at least 4 members (excludes halogenated alkanes) is 1. The number of nitrogens with zero attached hydrogens (tertiary/aromatic N) is 1. The summed E-state index contributed by atoms with van der Waals surface area (Å²) in [7, 11) is -3.28. The molecule has 6 heteroatoms. The van der Waals surface area contributed by atoms with E-state index >= 15 is 0 Å². The molecular formula is C9H19NO4S. The first-order valence-electron chi connectivity index (χ1n) is 4.97. The number of rotatable bonds is 7. The highest BCUT2D eigenvalue weighted by Crippen LogP contribution is 1.98. The van der Waals surface area contributed by atoms with Gasteiger partial charge in [0.25, 0.3) is 0 Å². The van der Waals surface area contributed by atoms with Crippen molar-refractivity contribution in [2.75, 3.05) is 31.7 Å². The molecule has 0 bridgehead atoms. The van der Waals surface area contributed by atoms with E-state index in [0.717, 1.165) is 19.1 Å². The number of carbonyl (C=O) groups is 1. The standard InChI is InChI=1S/C9H19NO4S/c1-3-4-5-10(6-7-11)9(12)8-15(2,13)14/h11H,3-8H2,1-2H3. The Hall–Kier alpha value is -0.620. The Bertz CT molecular complexity index is 286. The molecular weight excluding hydrogens is 218 g/mol. The molecule has 0 aromatic heterocycles. The lowest BCUT2D eigenvalue weighted by atomic mass is 10.3. The molecule has 0 unspecified atom stereocenters. The predicted octanol–water partition coefficient (Wildman–Crippen LogP) is -0.348. The fourth-order valence-electron chi connectivity index (χ4n) is 1.15. The third-order valence-corrected chi connectivity index (χ3v) is 2.66. The molecule has 90 valence electrons. The lowest BCUT2D eigenvalue weighted by Crippen LogP contribution is -2.38. The number of sulfone groups is 1. The largest absolute Gasteiger partial charge is 0.395 e. The van der Waals surface area contributed by atoms with Gasteiger partial charge in [0.15, 0.2) is 9.84 Å². The first-order chi connectivity index (χ1) is 6.90. The number of hydrogen-bond acceptors (Lipinski definition) is 4. The summed E-state index contributed by atoms with van der Waals surface area (Å²) in [5.41, 5.74) is 0. The van der Waals surface area contributed by atoms with Crippen molar-refractivity contribution in [1.82, 2.24) is 4.90 Å². The van der Waals surface area contributed by atoms with Gasteiger partial charge in [0.2, 0.25) is 5.91 Å². The van der Waals surface area contributed by atoms with Crippen LogP contribution in [0.5, 0.6) is 0 Å². The molecule has 0 aliphatic heterocycles. The maximum atomic E-state index is 11.5. The summed E-state index contributed by atoms with van der Waals surface area (Å²) >= 11 is 0. The molecule has 0 radical (unpaired) electrons. The van der Waals surface area contributed by atoms with Crippen LogP contribution in [-0.4, -0.2) is 56.0 Å². The highest BCUT2D eigenvalue weighted by Gasteiger charge is 2.17. The van der Waals surface area contributed by atoms with Crippen LogP contribution in [0.2, 0.25) is 0 Å². The fourth-order valence-corrected chi connectivity index (χ4v) is 1.78. The average molecular weight is 237 g/mol. The Morgan fingerprint density at radius 3 is 2.33 bits per heavy atom. The normalized spacial score (nSPS) is 11.4. The van der Waals surface area contributed by atoms with Crippen molar-refractivity contribution in [2.45, 2.75) is 19.8 Å². The lowest BCUT2D eigenvalue weighted by Gasteiger charge is -2.20. The van der Waals surface area contributed by atoms with Crippen LogP contribution in [0.25, 0.3) is 0 Å². The second-order valence-corrected chi connectivity index (χ2v) is 5.67. The molecule has 0 aliphatic carbocycles. The Balaban J connectivity index is 4.28. The van der Waals surface area contributed by atoms with Gasteiger partial charge in [0.1, 0.15) is 5.75 Å². The molecule has 15 heavy (non-hydrogen) atoms. The molecule has 0 fully saturated rings. The Morgan fingerprint density at radius 2 is 1.93 bits per heavy atom.